The van der Waals surface area contributed by atoms with Gasteiger partial charge in [0.1, 0.15) is 5.54 Å². The number of hydrogen-bond donors (Lipinski definition) is 2. The van der Waals surface area contributed by atoms with Crippen LogP contribution in [0.4, 0.5) is 0 Å². The van der Waals surface area contributed by atoms with Crippen LogP contribution in [-0.4, -0.2) is 27.3 Å². The summed E-state index contributed by atoms with van der Waals surface area (Å²) in [6.45, 7) is 2.91. The summed E-state index contributed by atoms with van der Waals surface area (Å²) in [7, 11) is 0. The summed E-state index contributed by atoms with van der Waals surface area (Å²) in [6.07, 6.45) is 7.76. The lowest BCUT2D eigenvalue weighted by molar-refractivity contribution is 0.309. The van der Waals surface area contributed by atoms with Gasteiger partial charge in [0.2, 0.25) is 0 Å². The Hall–Kier alpha value is -0.990. The SMILES string of the molecule is CCNC1(C#N)CCCC(Sc2ncc[nH]2)C1. The third kappa shape index (κ3) is 3.02. The Morgan fingerprint density at radius 3 is 3.29 bits per heavy atom. The number of aromatic nitrogens is 2. The Kier molecular flexibility index (Phi) is 4.08. The molecule has 1 aromatic heterocycles. The van der Waals surface area contributed by atoms with Crippen LogP contribution in [0.3, 0.4) is 0 Å². The molecule has 1 aromatic rings. The van der Waals surface area contributed by atoms with Gasteiger partial charge in [0.15, 0.2) is 5.16 Å². The Labute approximate surface area is 106 Å². The number of H-pyrrole nitrogens is 1. The molecule has 0 radical (unpaired) electrons. The summed E-state index contributed by atoms with van der Waals surface area (Å²) in [6, 6.07) is 2.47. The molecule has 92 valence electrons. The van der Waals surface area contributed by atoms with Gasteiger partial charge in [-0.2, -0.15) is 5.26 Å². The minimum absolute atomic E-state index is 0.322. The first-order valence-corrected chi connectivity index (χ1v) is 6.98. The van der Waals surface area contributed by atoms with Crippen molar-refractivity contribution in [1.82, 2.24) is 15.3 Å². The molecule has 1 aliphatic carbocycles. The molecule has 0 amide bonds. The number of imidazole rings is 1. The van der Waals surface area contributed by atoms with Crippen molar-refractivity contribution in [2.24, 2.45) is 0 Å². The van der Waals surface area contributed by atoms with Gasteiger partial charge in [-0.15, -0.1) is 0 Å². The van der Waals surface area contributed by atoms with Gasteiger partial charge >= 0.3 is 0 Å². The van der Waals surface area contributed by atoms with Crippen LogP contribution < -0.4 is 5.32 Å². The number of rotatable bonds is 4. The first kappa shape index (κ1) is 12.5. The molecular weight excluding hydrogens is 232 g/mol. The van der Waals surface area contributed by atoms with Gasteiger partial charge in [0.05, 0.1) is 6.07 Å². The highest BCUT2D eigenvalue weighted by Crippen LogP contribution is 2.36. The van der Waals surface area contributed by atoms with E-state index in [2.05, 4.69) is 28.3 Å². The molecule has 0 aliphatic heterocycles. The molecule has 5 heteroatoms. The topological polar surface area (TPSA) is 64.5 Å². The molecule has 2 atom stereocenters. The summed E-state index contributed by atoms with van der Waals surface area (Å²) in [5.74, 6) is 0. The molecule has 0 bridgehead atoms. The van der Waals surface area contributed by atoms with Crippen LogP contribution in [0.5, 0.6) is 0 Å². The van der Waals surface area contributed by atoms with Gasteiger partial charge in [-0.25, -0.2) is 4.98 Å². The minimum atomic E-state index is -0.322. The second kappa shape index (κ2) is 5.56. The number of nitriles is 1. The first-order chi connectivity index (χ1) is 8.28. The van der Waals surface area contributed by atoms with Crippen LogP contribution in [0, 0.1) is 11.3 Å². The molecule has 2 N–H and O–H groups in total. The van der Waals surface area contributed by atoms with E-state index in [9.17, 15) is 5.26 Å². The van der Waals surface area contributed by atoms with Crippen LogP contribution in [0.15, 0.2) is 17.6 Å². The van der Waals surface area contributed by atoms with E-state index in [0.717, 1.165) is 31.0 Å². The maximum absolute atomic E-state index is 9.37. The van der Waals surface area contributed by atoms with Crippen molar-refractivity contribution in [3.05, 3.63) is 12.4 Å². The zero-order valence-electron chi connectivity index (χ0n) is 10.1. The van der Waals surface area contributed by atoms with Crippen molar-refractivity contribution < 1.29 is 0 Å². The molecular formula is C12H18N4S. The predicted octanol–water partition coefficient (Wildman–Crippen LogP) is 2.32. The van der Waals surface area contributed by atoms with Gasteiger partial charge < -0.3 is 4.98 Å². The second-order valence-corrected chi connectivity index (χ2v) is 5.74. The van der Waals surface area contributed by atoms with Crippen molar-refractivity contribution in [3.8, 4) is 6.07 Å². The van der Waals surface area contributed by atoms with Crippen molar-refractivity contribution in [2.75, 3.05) is 6.54 Å². The Morgan fingerprint density at radius 2 is 2.65 bits per heavy atom. The Balaban J connectivity index is 1.99. The Morgan fingerprint density at radius 1 is 1.76 bits per heavy atom. The largest absolute Gasteiger partial charge is 0.340 e. The maximum Gasteiger partial charge on any atom is 0.165 e. The normalized spacial score (nSPS) is 28.8. The summed E-state index contributed by atoms with van der Waals surface area (Å²) in [4.78, 5) is 7.34. The van der Waals surface area contributed by atoms with Gasteiger partial charge in [0, 0.05) is 17.6 Å². The molecule has 2 rings (SSSR count). The van der Waals surface area contributed by atoms with Gasteiger partial charge in [0.25, 0.3) is 0 Å². The summed E-state index contributed by atoms with van der Waals surface area (Å²) >= 11 is 1.76. The van der Waals surface area contributed by atoms with Crippen molar-refractivity contribution in [1.29, 1.82) is 5.26 Å². The van der Waals surface area contributed by atoms with Crippen LogP contribution in [0.2, 0.25) is 0 Å². The van der Waals surface area contributed by atoms with Gasteiger partial charge in [-0.1, -0.05) is 18.7 Å². The molecule has 2 unspecified atom stereocenters. The highest BCUT2D eigenvalue weighted by atomic mass is 32.2. The fourth-order valence-corrected chi connectivity index (χ4v) is 3.66. The molecule has 0 spiro atoms. The molecule has 17 heavy (non-hydrogen) atoms. The smallest absolute Gasteiger partial charge is 0.165 e. The third-order valence-electron chi connectivity index (χ3n) is 3.19. The number of nitrogens with one attached hydrogen (secondary N) is 2. The number of thioether (sulfide) groups is 1. The lowest BCUT2D eigenvalue weighted by atomic mass is 9.82. The highest BCUT2D eigenvalue weighted by Gasteiger charge is 2.36. The van der Waals surface area contributed by atoms with E-state index in [0.29, 0.717) is 5.25 Å². The average molecular weight is 250 g/mol. The number of hydrogen-bond acceptors (Lipinski definition) is 4. The number of aromatic amines is 1. The lowest BCUT2D eigenvalue weighted by Gasteiger charge is -2.35. The van der Waals surface area contributed by atoms with Crippen LogP contribution in [0.1, 0.15) is 32.6 Å². The van der Waals surface area contributed by atoms with Gasteiger partial charge in [-0.05, 0) is 32.2 Å². The minimum Gasteiger partial charge on any atom is -0.340 e. The van der Waals surface area contributed by atoms with Crippen molar-refractivity contribution in [3.63, 3.8) is 0 Å². The summed E-state index contributed by atoms with van der Waals surface area (Å²) < 4.78 is 0. The monoisotopic (exact) mass is 250 g/mol. The van der Waals surface area contributed by atoms with E-state index in [-0.39, 0.29) is 5.54 Å². The Bertz CT molecular complexity index is 380. The summed E-state index contributed by atoms with van der Waals surface area (Å²) in [5, 5.41) is 14.2. The van der Waals surface area contributed by atoms with Crippen LogP contribution in [0.25, 0.3) is 0 Å². The second-order valence-electron chi connectivity index (χ2n) is 4.45. The van der Waals surface area contributed by atoms with E-state index in [4.69, 9.17) is 0 Å². The molecule has 1 fully saturated rings. The fraction of sp³-hybridized carbons (Fsp3) is 0.667. The average Bonchev–Trinajstić information content (AvgIpc) is 2.83. The standard InChI is InChI=1S/C12H18N4S/c1-2-16-12(9-13)5-3-4-10(8-12)17-11-14-6-7-15-11/h6-7,10,16H,2-5,8H2,1H3,(H,14,15). The first-order valence-electron chi connectivity index (χ1n) is 6.10. The van der Waals surface area contributed by atoms with E-state index in [1.165, 1.54) is 6.42 Å². The van der Waals surface area contributed by atoms with Crippen LogP contribution in [-0.2, 0) is 0 Å². The van der Waals surface area contributed by atoms with Crippen molar-refractivity contribution >= 4 is 11.8 Å². The van der Waals surface area contributed by atoms with Gasteiger partial charge in [-0.3, -0.25) is 5.32 Å². The van der Waals surface area contributed by atoms with E-state index < -0.39 is 0 Å². The third-order valence-corrected chi connectivity index (χ3v) is 4.37. The predicted molar refractivity (Wildman–Crippen MR) is 68.7 cm³/mol. The van der Waals surface area contributed by atoms with E-state index >= 15 is 0 Å². The molecule has 4 nitrogen and oxygen atoms in total. The molecule has 1 aliphatic rings. The van der Waals surface area contributed by atoms with Crippen LogP contribution >= 0.6 is 11.8 Å². The fourth-order valence-electron chi connectivity index (χ4n) is 2.44. The zero-order valence-corrected chi connectivity index (χ0v) is 10.9. The van der Waals surface area contributed by atoms with E-state index in [1.807, 2.05) is 6.20 Å². The molecule has 0 saturated heterocycles. The molecule has 1 saturated carbocycles. The molecule has 0 aromatic carbocycles. The quantitative estimate of drug-likeness (QED) is 0.860. The number of nitrogens with zero attached hydrogens (tertiary/aromatic N) is 2. The highest BCUT2D eigenvalue weighted by molar-refractivity contribution is 7.99. The van der Waals surface area contributed by atoms with E-state index in [1.54, 1.807) is 18.0 Å². The maximum atomic E-state index is 9.37. The summed E-state index contributed by atoms with van der Waals surface area (Å²) in [5.41, 5.74) is -0.322. The lowest BCUT2D eigenvalue weighted by Crippen LogP contribution is -2.48. The van der Waals surface area contributed by atoms with Crippen molar-refractivity contribution in [2.45, 2.75) is 48.6 Å². The zero-order chi connectivity index (χ0) is 12.1. The molecule has 1 heterocycles.